The number of nitrogens with zero attached hydrogens (tertiary/aromatic N) is 2. The largest absolute Gasteiger partial charge is 0.573 e. The van der Waals surface area contributed by atoms with Gasteiger partial charge in [0.1, 0.15) is 6.20 Å². The molecule has 0 saturated heterocycles. The molecule has 94 valence electrons. The quantitative estimate of drug-likeness (QED) is 0.321. The van der Waals surface area contributed by atoms with Gasteiger partial charge < -0.3 is 14.9 Å². The first-order valence-corrected chi connectivity index (χ1v) is 6.09. The Kier molecular flexibility index (Phi) is 4.52. The van der Waals surface area contributed by atoms with Gasteiger partial charge in [0.2, 0.25) is 5.75 Å². The molecule has 0 aliphatic heterocycles. The van der Waals surface area contributed by atoms with Crippen molar-refractivity contribution in [3.05, 3.63) is 25.4 Å². The van der Waals surface area contributed by atoms with Crippen LogP contribution in [0.25, 0.3) is 0 Å². The van der Waals surface area contributed by atoms with Crippen LogP contribution in [0.15, 0.2) is 6.20 Å². The second-order valence-electron chi connectivity index (χ2n) is 2.69. The zero-order valence-corrected chi connectivity index (χ0v) is 11.5. The highest BCUT2D eigenvalue weighted by Gasteiger charge is 2.37. The molecule has 10 heteroatoms. The number of aromatic nitrogens is 1. The van der Waals surface area contributed by atoms with Gasteiger partial charge in [-0.3, -0.25) is 0 Å². The number of rotatable bonds is 3. The zero-order chi connectivity index (χ0) is 13.2. The van der Waals surface area contributed by atoms with Gasteiger partial charge in [-0.1, -0.05) is 15.9 Å². The maximum Gasteiger partial charge on any atom is 0.573 e. The van der Waals surface area contributed by atoms with Crippen molar-refractivity contribution in [3.8, 4) is 5.75 Å². The summed E-state index contributed by atoms with van der Waals surface area (Å²) in [7, 11) is 0. The standard InChI is InChI=1S/C7H3BrF3IN2O3/c8-1-3-2-13-6(14(15)16)5(4(3)12)17-7(9,10)11/h2H,1H2. The highest BCUT2D eigenvalue weighted by molar-refractivity contribution is 14.1. The molecule has 0 unspecified atom stereocenters. The van der Waals surface area contributed by atoms with Crippen molar-refractivity contribution >= 4 is 44.3 Å². The summed E-state index contributed by atoms with van der Waals surface area (Å²) >= 11 is 4.57. The van der Waals surface area contributed by atoms with Gasteiger partial charge in [0.15, 0.2) is 0 Å². The first-order valence-electron chi connectivity index (χ1n) is 3.89. The number of hydrogen-bond donors (Lipinski definition) is 0. The molecule has 0 aliphatic rings. The second kappa shape index (κ2) is 5.33. The number of pyridine rings is 1. The Morgan fingerprint density at radius 1 is 1.59 bits per heavy atom. The molecule has 0 amide bonds. The van der Waals surface area contributed by atoms with Crippen LogP contribution >= 0.6 is 38.5 Å². The fraction of sp³-hybridized carbons (Fsp3) is 0.286. The molecule has 0 fully saturated rings. The molecule has 0 spiro atoms. The van der Waals surface area contributed by atoms with Crippen LogP contribution < -0.4 is 4.74 Å². The van der Waals surface area contributed by atoms with Crippen LogP contribution in [0.2, 0.25) is 0 Å². The van der Waals surface area contributed by atoms with E-state index in [1.54, 1.807) is 22.6 Å². The van der Waals surface area contributed by atoms with Gasteiger partial charge in [-0.05, 0) is 32.5 Å². The fourth-order valence-corrected chi connectivity index (χ4v) is 2.56. The Labute approximate surface area is 115 Å². The van der Waals surface area contributed by atoms with Crippen LogP contribution in [0, 0.1) is 13.7 Å². The van der Waals surface area contributed by atoms with Crippen LogP contribution in [0.4, 0.5) is 19.0 Å². The summed E-state index contributed by atoms with van der Waals surface area (Å²) in [4.78, 5) is 12.8. The van der Waals surface area contributed by atoms with E-state index in [1.165, 1.54) is 0 Å². The minimum atomic E-state index is -5.00. The number of hydrogen-bond acceptors (Lipinski definition) is 4. The van der Waals surface area contributed by atoms with E-state index in [9.17, 15) is 23.3 Å². The number of nitro groups is 1. The molecule has 0 N–H and O–H groups in total. The Morgan fingerprint density at radius 3 is 2.59 bits per heavy atom. The van der Waals surface area contributed by atoms with E-state index >= 15 is 0 Å². The minimum absolute atomic E-state index is 0.00139. The molecule has 0 aliphatic carbocycles. The third-order valence-electron chi connectivity index (χ3n) is 1.56. The Morgan fingerprint density at radius 2 is 2.18 bits per heavy atom. The topological polar surface area (TPSA) is 65.3 Å². The molecule has 1 heterocycles. The Bertz CT molecular complexity index is 455. The third kappa shape index (κ3) is 3.66. The van der Waals surface area contributed by atoms with Crippen LogP contribution in [0.5, 0.6) is 5.75 Å². The van der Waals surface area contributed by atoms with Gasteiger partial charge in [0.25, 0.3) is 0 Å². The molecule has 1 rings (SSSR count). The van der Waals surface area contributed by atoms with Gasteiger partial charge >= 0.3 is 12.2 Å². The summed E-state index contributed by atoms with van der Waals surface area (Å²) in [5.41, 5.74) is 0.371. The number of alkyl halides is 4. The maximum atomic E-state index is 12.1. The van der Waals surface area contributed by atoms with E-state index in [-0.39, 0.29) is 8.90 Å². The van der Waals surface area contributed by atoms with Gasteiger partial charge in [-0.15, -0.1) is 13.2 Å². The second-order valence-corrected chi connectivity index (χ2v) is 4.33. The van der Waals surface area contributed by atoms with E-state index in [2.05, 4.69) is 25.7 Å². The molecule has 0 saturated carbocycles. The molecule has 5 nitrogen and oxygen atoms in total. The van der Waals surface area contributed by atoms with Gasteiger partial charge in [-0.2, -0.15) is 0 Å². The summed E-state index contributed by atoms with van der Waals surface area (Å²) in [5, 5.41) is 10.8. The normalized spacial score (nSPS) is 11.4. The van der Waals surface area contributed by atoms with Gasteiger partial charge in [0.05, 0.1) is 3.57 Å². The fourth-order valence-electron chi connectivity index (χ4n) is 0.928. The van der Waals surface area contributed by atoms with Crippen molar-refractivity contribution in [1.29, 1.82) is 0 Å². The lowest BCUT2D eigenvalue weighted by Crippen LogP contribution is -2.19. The molecule has 0 aromatic carbocycles. The van der Waals surface area contributed by atoms with E-state index in [0.29, 0.717) is 5.56 Å². The molecule has 1 aromatic heterocycles. The average Bonchev–Trinajstić information content (AvgIpc) is 2.18. The lowest BCUT2D eigenvalue weighted by atomic mass is 10.3. The summed E-state index contributed by atoms with van der Waals surface area (Å²) in [5.74, 6) is -1.85. The predicted molar refractivity (Wildman–Crippen MR) is 62.9 cm³/mol. The molecule has 0 bridgehead atoms. The third-order valence-corrected chi connectivity index (χ3v) is 3.35. The smallest absolute Gasteiger partial charge is 0.395 e. The van der Waals surface area contributed by atoms with Crippen molar-refractivity contribution in [2.45, 2.75) is 11.7 Å². The van der Waals surface area contributed by atoms with E-state index in [1.807, 2.05) is 0 Å². The predicted octanol–water partition coefficient (Wildman–Crippen LogP) is 3.39. The summed E-state index contributed by atoms with van der Waals surface area (Å²) < 4.78 is 40.0. The number of halogens is 5. The van der Waals surface area contributed by atoms with Crippen LogP contribution in [-0.2, 0) is 5.33 Å². The highest BCUT2D eigenvalue weighted by atomic mass is 127. The molecule has 1 aromatic rings. The summed E-state index contributed by atoms with van der Waals surface area (Å²) in [6.07, 6.45) is -3.88. The van der Waals surface area contributed by atoms with Crippen molar-refractivity contribution in [3.63, 3.8) is 0 Å². The highest BCUT2D eigenvalue weighted by Crippen LogP contribution is 2.36. The molecule has 0 radical (unpaired) electrons. The lowest BCUT2D eigenvalue weighted by Gasteiger charge is -2.11. The van der Waals surface area contributed by atoms with Crippen molar-refractivity contribution in [2.75, 3.05) is 0 Å². The minimum Gasteiger partial charge on any atom is -0.395 e. The molecule has 0 atom stereocenters. The van der Waals surface area contributed by atoms with Crippen molar-refractivity contribution in [1.82, 2.24) is 4.98 Å². The first-order chi connectivity index (χ1) is 7.76. The first kappa shape index (κ1) is 14.4. The van der Waals surface area contributed by atoms with Crippen molar-refractivity contribution < 1.29 is 22.8 Å². The average molecular weight is 427 g/mol. The Balaban J connectivity index is 3.35. The molecular weight excluding hydrogens is 424 g/mol. The zero-order valence-electron chi connectivity index (χ0n) is 7.79. The van der Waals surface area contributed by atoms with Gasteiger partial charge in [0, 0.05) is 10.9 Å². The van der Waals surface area contributed by atoms with Crippen LogP contribution in [0.3, 0.4) is 0 Å². The van der Waals surface area contributed by atoms with Crippen LogP contribution in [0.1, 0.15) is 5.56 Å². The van der Waals surface area contributed by atoms with E-state index < -0.39 is 22.9 Å². The maximum absolute atomic E-state index is 12.1. The Hall–Kier alpha value is -0.650. The summed E-state index contributed by atoms with van der Waals surface area (Å²) in [6, 6.07) is 0. The van der Waals surface area contributed by atoms with E-state index in [0.717, 1.165) is 6.20 Å². The monoisotopic (exact) mass is 426 g/mol. The molecular formula is C7H3BrF3IN2O3. The van der Waals surface area contributed by atoms with Crippen molar-refractivity contribution in [2.24, 2.45) is 0 Å². The lowest BCUT2D eigenvalue weighted by molar-refractivity contribution is -0.393. The molecule has 17 heavy (non-hydrogen) atoms. The summed E-state index contributed by atoms with van der Waals surface area (Å²) in [6.45, 7) is 0. The van der Waals surface area contributed by atoms with Gasteiger partial charge in [-0.25, -0.2) is 0 Å². The van der Waals surface area contributed by atoms with E-state index in [4.69, 9.17) is 0 Å². The van der Waals surface area contributed by atoms with Crippen LogP contribution in [-0.4, -0.2) is 16.3 Å². The number of ether oxygens (including phenoxy) is 1. The SMILES string of the molecule is O=[N+]([O-])c1ncc(CBr)c(I)c1OC(F)(F)F.